The van der Waals surface area contributed by atoms with Crippen molar-refractivity contribution in [2.45, 2.75) is 32.5 Å². The minimum atomic E-state index is -0.290. The molecule has 29 heavy (non-hydrogen) atoms. The second kappa shape index (κ2) is 10.0. The molecule has 3 rings (SSSR count). The topological polar surface area (TPSA) is 71.1 Å². The lowest BCUT2D eigenvalue weighted by Crippen LogP contribution is -2.30. The Kier molecular flexibility index (Phi) is 7.22. The van der Waals surface area contributed by atoms with Crippen LogP contribution in [0, 0.1) is 11.8 Å². The third-order valence-electron chi connectivity index (χ3n) is 4.87. The summed E-state index contributed by atoms with van der Waals surface area (Å²) in [5.41, 5.74) is 0. The second-order valence-corrected chi connectivity index (χ2v) is 6.80. The fraction of sp³-hybridized carbons (Fsp3) is 0.333. The molecule has 2 aromatic carbocycles. The highest BCUT2D eigenvalue weighted by molar-refractivity contribution is 6.26. The third kappa shape index (κ3) is 5.79. The molecule has 0 saturated heterocycles. The van der Waals surface area contributed by atoms with Crippen LogP contribution in [-0.4, -0.2) is 27.5 Å². The first-order valence-electron chi connectivity index (χ1n) is 9.53. The number of carbonyl (C=O) groups excluding carboxylic acids is 2. The van der Waals surface area contributed by atoms with Crippen molar-refractivity contribution in [2.75, 3.05) is 0 Å². The van der Waals surface area contributed by atoms with E-state index in [1.54, 1.807) is 62.8 Å². The van der Waals surface area contributed by atoms with Gasteiger partial charge in [0.25, 0.3) is 0 Å². The molecule has 0 N–H and O–H groups in total. The van der Waals surface area contributed by atoms with Gasteiger partial charge in [0.15, 0.2) is 0 Å². The van der Waals surface area contributed by atoms with Gasteiger partial charge in [0.2, 0.25) is 0 Å². The maximum Gasteiger partial charge on any atom is 0.374 e. The largest absolute Gasteiger partial charge is 0.568 e. The van der Waals surface area contributed by atoms with E-state index in [0.717, 1.165) is 0 Å². The van der Waals surface area contributed by atoms with Crippen molar-refractivity contribution in [3.8, 4) is 23.0 Å². The predicted octanol–water partition coefficient (Wildman–Crippen LogP) is 3.51. The van der Waals surface area contributed by atoms with Crippen molar-refractivity contribution in [1.29, 1.82) is 0 Å². The van der Waals surface area contributed by atoms with E-state index in [2.05, 4.69) is 4.65 Å². The lowest BCUT2D eigenvalue weighted by Gasteiger charge is -2.25. The van der Waals surface area contributed by atoms with Crippen molar-refractivity contribution >= 4 is 27.5 Å². The summed E-state index contributed by atoms with van der Waals surface area (Å²) >= 11 is 0. The summed E-state index contributed by atoms with van der Waals surface area (Å²) in [7, 11) is 6.65. The van der Waals surface area contributed by atoms with E-state index in [1.165, 1.54) is 0 Å². The Bertz CT molecular complexity index is 814. The van der Waals surface area contributed by atoms with Gasteiger partial charge in [0, 0.05) is 0 Å². The van der Waals surface area contributed by atoms with Gasteiger partial charge < -0.3 is 18.8 Å². The zero-order valence-corrected chi connectivity index (χ0v) is 16.2. The third-order valence-corrected chi connectivity index (χ3v) is 4.87. The zero-order valence-electron chi connectivity index (χ0n) is 16.2. The van der Waals surface area contributed by atoms with Crippen molar-refractivity contribution in [3.05, 3.63) is 48.5 Å². The number of benzene rings is 2. The Balaban J connectivity index is 1.46. The predicted molar refractivity (Wildman–Crippen MR) is 108 cm³/mol. The number of hydrogen-bond acceptors (Lipinski definition) is 6. The highest BCUT2D eigenvalue weighted by atomic mass is 16.5. The highest BCUT2D eigenvalue weighted by Gasteiger charge is 2.32. The van der Waals surface area contributed by atoms with Crippen LogP contribution in [0.25, 0.3) is 0 Å². The molecule has 0 atom stereocenters. The first kappa shape index (κ1) is 20.8. The van der Waals surface area contributed by atoms with Crippen molar-refractivity contribution in [3.63, 3.8) is 0 Å². The quantitative estimate of drug-likeness (QED) is 0.409. The van der Waals surface area contributed by atoms with Crippen LogP contribution >= 0.6 is 0 Å². The molecule has 0 spiro atoms. The van der Waals surface area contributed by atoms with Crippen LogP contribution in [0.4, 0.5) is 0 Å². The van der Waals surface area contributed by atoms with E-state index >= 15 is 0 Å². The van der Waals surface area contributed by atoms with Gasteiger partial charge in [-0.15, -0.1) is 0 Å². The molecule has 147 valence electrons. The molecule has 0 aromatic heterocycles. The van der Waals surface area contributed by atoms with Crippen LogP contribution in [0.5, 0.6) is 23.0 Å². The van der Waals surface area contributed by atoms with Gasteiger partial charge >= 0.3 is 27.5 Å². The first-order valence-corrected chi connectivity index (χ1v) is 9.53. The molecule has 1 aliphatic carbocycles. The zero-order chi connectivity index (χ0) is 20.6. The highest BCUT2D eigenvalue weighted by Crippen LogP contribution is 2.31. The van der Waals surface area contributed by atoms with Gasteiger partial charge in [-0.25, -0.2) is 0 Å². The van der Waals surface area contributed by atoms with Crippen LogP contribution in [0.3, 0.4) is 0 Å². The van der Waals surface area contributed by atoms with Crippen LogP contribution in [-0.2, 0) is 9.59 Å². The molecular weight excluding hydrogens is 370 g/mol. The molecular formula is C21H21B2O6. The molecule has 1 aliphatic rings. The van der Waals surface area contributed by atoms with Crippen molar-refractivity contribution in [2.24, 2.45) is 11.8 Å². The van der Waals surface area contributed by atoms with Gasteiger partial charge in [-0.1, -0.05) is 6.82 Å². The van der Waals surface area contributed by atoms with E-state index in [9.17, 15) is 9.59 Å². The molecule has 6 nitrogen and oxygen atoms in total. The van der Waals surface area contributed by atoms with Gasteiger partial charge in [-0.05, 0) is 74.2 Å². The fourth-order valence-electron chi connectivity index (χ4n) is 3.27. The Hall–Kier alpha value is -2.89. The van der Waals surface area contributed by atoms with Crippen molar-refractivity contribution < 1.29 is 28.4 Å². The summed E-state index contributed by atoms with van der Waals surface area (Å²) in [6.45, 7) is 1.78. The van der Waals surface area contributed by atoms with Gasteiger partial charge in [0.05, 0.1) is 23.3 Å². The SMILES string of the molecule is [B]Oc1ccc(OC(=O)C2CCC(C(=O)Oc3ccc(O[B]C)cc3)CC2)cc1. The molecule has 0 bridgehead atoms. The Labute approximate surface area is 172 Å². The fourth-order valence-corrected chi connectivity index (χ4v) is 3.27. The molecule has 3 radical (unpaired) electrons. The summed E-state index contributed by atoms with van der Waals surface area (Å²) < 4.78 is 20.7. The minimum absolute atomic E-state index is 0.222. The standard InChI is InChI=1S/C21H21B2O6/c1-23-29-19-12-8-17(9-13-19)27-21(25)15-4-2-14(3-5-15)20(24)26-16-6-10-18(28-22)11-7-16/h6-15H,2-5H2,1H3. The molecule has 1 saturated carbocycles. The summed E-state index contributed by atoms with van der Waals surface area (Å²) in [6, 6.07) is 13.4. The number of ether oxygens (including phenoxy) is 2. The molecule has 8 heteroatoms. The molecule has 0 aliphatic heterocycles. The molecule has 1 fully saturated rings. The van der Waals surface area contributed by atoms with E-state index in [4.69, 9.17) is 22.2 Å². The van der Waals surface area contributed by atoms with Crippen LogP contribution in [0.2, 0.25) is 6.82 Å². The lowest BCUT2D eigenvalue weighted by molar-refractivity contribution is -0.145. The van der Waals surface area contributed by atoms with Gasteiger partial charge in [-0.3, -0.25) is 9.59 Å². The normalized spacial score (nSPS) is 18.4. The molecule has 2 aromatic rings. The summed E-state index contributed by atoms with van der Waals surface area (Å²) in [4.78, 5) is 24.8. The number of carbonyl (C=O) groups is 2. The number of esters is 2. The maximum atomic E-state index is 12.4. The Morgan fingerprint density at radius 3 is 1.52 bits per heavy atom. The maximum absolute atomic E-state index is 12.4. The van der Waals surface area contributed by atoms with Gasteiger partial charge in [-0.2, -0.15) is 0 Å². The first-order chi connectivity index (χ1) is 14.1. The van der Waals surface area contributed by atoms with Gasteiger partial charge in [0.1, 0.15) is 11.5 Å². The minimum Gasteiger partial charge on any atom is -0.568 e. The van der Waals surface area contributed by atoms with E-state index in [0.29, 0.717) is 48.7 Å². The summed E-state index contributed by atoms with van der Waals surface area (Å²) in [5.74, 6) is 1.05. The van der Waals surface area contributed by atoms with E-state index in [1.807, 2.05) is 0 Å². The van der Waals surface area contributed by atoms with Crippen LogP contribution in [0.15, 0.2) is 48.5 Å². The average molecular weight is 391 g/mol. The second-order valence-electron chi connectivity index (χ2n) is 6.80. The molecule has 0 amide bonds. The van der Waals surface area contributed by atoms with Crippen LogP contribution < -0.4 is 18.8 Å². The van der Waals surface area contributed by atoms with Crippen molar-refractivity contribution in [1.82, 2.24) is 0 Å². The number of hydrogen-bond donors (Lipinski definition) is 0. The lowest BCUT2D eigenvalue weighted by atomic mass is 9.82. The Morgan fingerprint density at radius 2 is 1.14 bits per heavy atom. The smallest absolute Gasteiger partial charge is 0.374 e. The Morgan fingerprint density at radius 1 is 0.759 bits per heavy atom. The molecule has 0 heterocycles. The molecule has 0 unspecified atom stereocenters. The van der Waals surface area contributed by atoms with Crippen LogP contribution in [0.1, 0.15) is 25.7 Å². The van der Waals surface area contributed by atoms with E-state index < -0.39 is 0 Å². The summed E-state index contributed by atoms with van der Waals surface area (Å²) in [6.07, 6.45) is 2.35. The summed E-state index contributed by atoms with van der Waals surface area (Å²) in [5, 5.41) is 0. The van der Waals surface area contributed by atoms with E-state index in [-0.39, 0.29) is 23.8 Å². The number of rotatable bonds is 7. The monoisotopic (exact) mass is 391 g/mol. The average Bonchev–Trinajstić information content (AvgIpc) is 2.76.